The number of nitrogens with zero attached hydrogens (tertiary/aromatic N) is 3. The van der Waals surface area contributed by atoms with Gasteiger partial charge in [-0.3, -0.25) is 0 Å². The molecule has 0 radical (unpaired) electrons. The third kappa shape index (κ3) is 6.41. The Morgan fingerprint density at radius 1 is 1.16 bits per heavy atom. The molecule has 0 bridgehead atoms. The SMILES string of the molecule is CN1CCCCC1.COC1CN(c2cc(F)c(SNc3cccc(F)n3)c(F)c2Cl)C1. The van der Waals surface area contributed by atoms with Gasteiger partial charge in [0.15, 0.2) is 5.82 Å². The van der Waals surface area contributed by atoms with Crippen molar-refractivity contribution in [2.24, 2.45) is 0 Å². The van der Waals surface area contributed by atoms with Crippen LogP contribution in [0.4, 0.5) is 24.7 Å². The fourth-order valence-corrected chi connectivity index (χ4v) is 4.29. The fourth-order valence-electron chi connectivity index (χ4n) is 3.29. The second kappa shape index (κ2) is 11.3. The summed E-state index contributed by atoms with van der Waals surface area (Å²) in [6.07, 6.45) is 4.30. The van der Waals surface area contributed by atoms with Crippen LogP contribution in [0.5, 0.6) is 0 Å². The minimum absolute atomic E-state index is 0.0296. The molecule has 0 saturated carbocycles. The number of hydrogen-bond acceptors (Lipinski definition) is 6. The van der Waals surface area contributed by atoms with Crippen LogP contribution >= 0.6 is 23.5 Å². The van der Waals surface area contributed by atoms with Crippen molar-refractivity contribution in [2.45, 2.75) is 30.3 Å². The number of hydrogen-bond donors (Lipinski definition) is 1. The van der Waals surface area contributed by atoms with E-state index >= 15 is 0 Å². The molecular weight excluding hydrogens is 449 g/mol. The number of ether oxygens (including phenoxy) is 1. The van der Waals surface area contributed by atoms with Gasteiger partial charge in [0.05, 0.1) is 11.8 Å². The molecule has 2 aromatic rings. The summed E-state index contributed by atoms with van der Waals surface area (Å²) in [4.78, 5) is 7.38. The van der Waals surface area contributed by atoms with E-state index in [0.717, 1.165) is 0 Å². The minimum atomic E-state index is -0.874. The lowest BCUT2D eigenvalue weighted by molar-refractivity contribution is 0.0787. The first-order valence-electron chi connectivity index (χ1n) is 10.1. The average molecular weight is 475 g/mol. The lowest BCUT2D eigenvalue weighted by Gasteiger charge is -2.40. The molecule has 4 rings (SSSR count). The Kier molecular flexibility index (Phi) is 8.71. The van der Waals surface area contributed by atoms with E-state index in [0.29, 0.717) is 25.0 Å². The Balaban J connectivity index is 0.000000330. The maximum absolute atomic E-state index is 14.4. The maximum Gasteiger partial charge on any atom is 0.214 e. The van der Waals surface area contributed by atoms with Gasteiger partial charge < -0.3 is 19.3 Å². The number of methoxy groups -OCH3 is 1. The summed E-state index contributed by atoms with van der Waals surface area (Å²) >= 11 is 6.68. The lowest BCUT2D eigenvalue weighted by atomic mass is 10.1. The smallest absolute Gasteiger partial charge is 0.214 e. The Labute approximate surface area is 190 Å². The third-order valence-electron chi connectivity index (χ3n) is 5.17. The van der Waals surface area contributed by atoms with Crippen LogP contribution in [0.1, 0.15) is 19.3 Å². The van der Waals surface area contributed by atoms with E-state index in [1.165, 1.54) is 56.6 Å². The Hall–Kier alpha value is -1.68. The van der Waals surface area contributed by atoms with E-state index in [1.807, 2.05) is 0 Å². The number of likely N-dealkylation sites (tertiary alicyclic amines) is 1. The number of nitrogens with one attached hydrogen (secondary N) is 1. The van der Waals surface area contributed by atoms with Crippen LogP contribution in [0.15, 0.2) is 29.2 Å². The summed E-state index contributed by atoms with van der Waals surface area (Å²) in [5.74, 6) is -2.19. The van der Waals surface area contributed by atoms with E-state index in [4.69, 9.17) is 16.3 Å². The van der Waals surface area contributed by atoms with Crippen LogP contribution in [0, 0.1) is 17.6 Å². The number of halogens is 4. The van der Waals surface area contributed by atoms with Gasteiger partial charge in [-0.05, 0) is 57.1 Å². The molecule has 3 heterocycles. The highest BCUT2D eigenvalue weighted by atomic mass is 35.5. The molecule has 31 heavy (non-hydrogen) atoms. The Bertz CT molecular complexity index is 880. The number of piperidine rings is 1. The van der Waals surface area contributed by atoms with Crippen LogP contribution in [-0.2, 0) is 4.74 Å². The molecule has 170 valence electrons. The predicted molar refractivity (Wildman–Crippen MR) is 119 cm³/mol. The van der Waals surface area contributed by atoms with Gasteiger partial charge in [-0.1, -0.05) is 24.1 Å². The van der Waals surface area contributed by atoms with Gasteiger partial charge in [0.1, 0.15) is 21.6 Å². The zero-order valence-electron chi connectivity index (χ0n) is 17.5. The van der Waals surface area contributed by atoms with E-state index < -0.39 is 17.6 Å². The first-order valence-corrected chi connectivity index (χ1v) is 11.3. The molecule has 0 spiro atoms. The van der Waals surface area contributed by atoms with Gasteiger partial charge in [-0.15, -0.1) is 0 Å². The number of aromatic nitrogens is 1. The maximum atomic E-state index is 14.4. The second-order valence-electron chi connectivity index (χ2n) is 7.51. The first kappa shape index (κ1) is 24.0. The van der Waals surface area contributed by atoms with Crippen molar-refractivity contribution in [3.05, 3.63) is 46.9 Å². The van der Waals surface area contributed by atoms with Gasteiger partial charge in [0, 0.05) is 26.3 Å². The standard InChI is InChI=1S/C15H13ClF3N3OS.C6H13N/c1-23-8-6-22(7-8)10-5-9(17)15(14(19)13(10)16)24-21-12-4-2-3-11(18)20-12;1-7-5-3-2-4-6-7/h2-5,8H,6-7H2,1H3,(H,20,21);2-6H2,1H3. The van der Waals surface area contributed by atoms with E-state index in [9.17, 15) is 13.2 Å². The highest BCUT2D eigenvalue weighted by Gasteiger charge is 2.30. The van der Waals surface area contributed by atoms with E-state index in [-0.39, 0.29) is 27.5 Å². The van der Waals surface area contributed by atoms with Crippen molar-refractivity contribution in [1.82, 2.24) is 9.88 Å². The molecule has 2 fully saturated rings. The van der Waals surface area contributed by atoms with Crippen LogP contribution in [-0.4, -0.2) is 56.3 Å². The molecule has 0 unspecified atom stereocenters. The highest BCUT2D eigenvalue weighted by molar-refractivity contribution is 8.00. The normalized spacial score (nSPS) is 17.0. The zero-order valence-corrected chi connectivity index (χ0v) is 19.1. The van der Waals surface area contributed by atoms with E-state index in [1.54, 1.807) is 12.0 Å². The van der Waals surface area contributed by atoms with Crippen molar-refractivity contribution in [3.63, 3.8) is 0 Å². The molecule has 1 aromatic carbocycles. The summed E-state index contributed by atoms with van der Waals surface area (Å²) in [6.45, 7) is 3.68. The van der Waals surface area contributed by atoms with Gasteiger partial charge in [-0.2, -0.15) is 4.39 Å². The van der Waals surface area contributed by atoms with Crippen LogP contribution < -0.4 is 9.62 Å². The second-order valence-corrected chi connectivity index (χ2v) is 8.71. The van der Waals surface area contributed by atoms with Gasteiger partial charge in [0.2, 0.25) is 5.95 Å². The summed E-state index contributed by atoms with van der Waals surface area (Å²) in [6, 6.07) is 5.26. The molecule has 0 amide bonds. The quantitative estimate of drug-likeness (QED) is 0.364. The Morgan fingerprint density at radius 3 is 2.45 bits per heavy atom. The van der Waals surface area contributed by atoms with Crippen LogP contribution in [0.3, 0.4) is 0 Å². The summed E-state index contributed by atoms with van der Waals surface area (Å²) in [5.41, 5.74) is 0.285. The van der Waals surface area contributed by atoms with Gasteiger partial charge in [0.25, 0.3) is 0 Å². The van der Waals surface area contributed by atoms with Crippen LogP contribution in [0.2, 0.25) is 5.02 Å². The molecule has 2 aliphatic heterocycles. The van der Waals surface area contributed by atoms with Gasteiger partial charge in [-0.25, -0.2) is 13.8 Å². The molecule has 5 nitrogen and oxygen atoms in total. The first-order chi connectivity index (χ1) is 14.9. The molecule has 0 aliphatic carbocycles. The minimum Gasteiger partial charge on any atom is -0.378 e. The third-order valence-corrected chi connectivity index (χ3v) is 6.42. The van der Waals surface area contributed by atoms with Crippen molar-refractivity contribution < 1.29 is 17.9 Å². The largest absolute Gasteiger partial charge is 0.378 e. The average Bonchev–Trinajstić information content (AvgIpc) is 2.72. The zero-order chi connectivity index (χ0) is 22.4. The topological polar surface area (TPSA) is 40.6 Å². The molecule has 2 saturated heterocycles. The van der Waals surface area contributed by atoms with E-state index in [2.05, 4.69) is 21.7 Å². The van der Waals surface area contributed by atoms with Crippen molar-refractivity contribution in [3.8, 4) is 0 Å². The fraction of sp³-hybridized carbons (Fsp3) is 0.476. The molecule has 1 aromatic heterocycles. The predicted octanol–water partition coefficient (Wildman–Crippen LogP) is 5.21. The number of rotatable bonds is 5. The van der Waals surface area contributed by atoms with Gasteiger partial charge >= 0.3 is 0 Å². The van der Waals surface area contributed by atoms with Crippen molar-refractivity contribution >= 4 is 35.1 Å². The number of pyridine rings is 1. The number of benzene rings is 1. The lowest BCUT2D eigenvalue weighted by Crippen LogP contribution is -2.52. The molecule has 2 aliphatic rings. The molecule has 0 atom stereocenters. The highest BCUT2D eigenvalue weighted by Crippen LogP contribution is 2.38. The van der Waals surface area contributed by atoms with Crippen molar-refractivity contribution in [1.29, 1.82) is 0 Å². The Morgan fingerprint density at radius 2 is 1.87 bits per heavy atom. The molecule has 10 heteroatoms. The van der Waals surface area contributed by atoms with Crippen LogP contribution in [0.25, 0.3) is 0 Å². The summed E-state index contributed by atoms with van der Waals surface area (Å²) < 4.78 is 49.4. The summed E-state index contributed by atoms with van der Waals surface area (Å²) in [7, 11) is 3.77. The van der Waals surface area contributed by atoms with Crippen molar-refractivity contribution in [2.75, 3.05) is 50.0 Å². The summed E-state index contributed by atoms with van der Waals surface area (Å²) in [5, 5.41) is -0.164. The molecule has 1 N–H and O–H groups in total. The number of anilines is 2. The molecular formula is C21H26ClF3N4OS. The monoisotopic (exact) mass is 474 g/mol.